The molecule has 0 spiro atoms. The lowest BCUT2D eigenvalue weighted by molar-refractivity contribution is 0.529. The summed E-state index contributed by atoms with van der Waals surface area (Å²) in [5.41, 5.74) is -0.0661. The largest absolute Gasteiger partial charge is 0.346 e. The predicted octanol–water partition coefficient (Wildman–Crippen LogP) is 2.36. The maximum absolute atomic E-state index is 13.4. The molecule has 0 amide bonds. The van der Waals surface area contributed by atoms with Crippen molar-refractivity contribution in [2.24, 2.45) is 0 Å². The van der Waals surface area contributed by atoms with E-state index in [1.807, 2.05) is 4.90 Å². The first kappa shape index (κ1) is 17.6. The molecule has 0 saturated carbocycles. The Morgan fingerprint density at radius 3 is 2.85 bits per heavy atom. The summed E-state index contributed by atoms with van der Waals surface area (Å²) < 4.78 is 15.5. The minimum atomic E-state index is -0.654. The maximum Gasteiger partial charge on any atom is 0.272 e. The SMILES string of the molecule is CC(C)c1nnc2n1CCN(c1nc(-c3ccnc(F)c3)[nH]c(=O)c1Cl)C2. The van der Waals surface area contributed by atoms with Gasteiger partial charge in [-0.3, -0.25) is 4.79 Å². The van der Waals surface area contributed by atoms with Gasteiger partial charge in [0.15, 0.2) is 11.6 Å². The molecule has 4 rings (SSSR count). The fourth-order valence-electron chi connectivity index (χ4n) is 3.13. The van der Waals surface area contributed by atoms with Crippen molar-refractivity contribution in [2.45, 2.75) is 32.9 Å². The molecule has 1 aliphatic heterocycles. The van der Waals surface area contributed by atoms with E-state index >= 15 is 0 Å². The molecule has 1 aliphatic rings. The first-order valence-electron chi connectivity index (χ1n) is 8.52. The Hall–Kier alpha value is -2.81. The molecule has 8 nitrogen and oxygen atoms in total. The molecule has 0 unspecified atom stereocenters. The summed E-state index contributed by atoms with van der Waals surface area (Å²) in [6.07, 6.45) is 1.32. The van der Waals surface area contributed by atoms with Crippen LogP contribution in [0.3, 0.4) is 0 Å². The molecule has 10 heteroatoms. The number of rotatable bonds is 3. The Bertz CT molecular complexity index is 1060. The van der Waals surface area contributed by atoms with E-state index in [1.54, 1.807) is 6.07 Å². The van der Waals surface area contributed by atoms with Crippen molar-refractivity contribution in [1.29, 1.82) is 0 Å². The van der Waals surface area contributed by atoms with Gasteiger partial charge < -0.3 is 14.5 Å². The first-order chi connectivity index (χ1) is 12.9. The number of nitrogens with one attached hydrogen (secondary N) is 1. The Morgan fingerprint density at radius 1 is 1.30 bits per heavy atom. The molecule has 0 aromatic carbocycles. The second-order valence-electron chi connectivity index (χ2n) is 6.62. The summed E-state index contributed by atoms with van der Waals surface area (Å²) >= 11 is 6.22. The Morgan fingerprint density at radius 2 is 2.11 bits per heavy atom. The predicted molar refractivity (Wildman–Crippen MR) is 98.2 cm³/mol. The number of nitrogens with zero attached hydrogens (tertiary/aromatic N) is 6. The van der Waals surface area contributed by atoms with Gasteiger partial charge in [-0.25, -0.2) is 9.97 Å². The monoisotopic (exact) mass is 389 g/mol. The van der Waals surface area contributed by atoms with Gasteiger partial charge in [-0.05, 0) is 6.07 Å². The molecule has 0 radical (unpaired) electrons. The van der Waals surface area contributed by atoms with Crippen LogP contribution in [0.4, 0.5) is 10.2 Å². The van der Waals surface area contributed by atoms with Gasteiger partial charge in [-0.1, -0.05) is 25.4 Å². The number of H-pyrrole nitrogens is 1. The highest BCUT2D eigenvalue weighted by Gasteiger charge is 2.26. The molecule has 0 atom stereocenters. The van der Waals surface area contributed by atoms with Gasteiger partial charge in [0.2, 0.25) is 5.95 Å². The molecule has 0 aliphatic carbocycles. The van der Waals surface area contributed by atoms with Crippen LogP contribution in [0.5, 0.6) is 0 Å². The van der Waals surface area contributed by atoms with Crippen LogP contribution in [0.25, 0.3) is 11.4 Å². The van der Waals surface area contributed by atoms with E-state index in [0.29, 0.717) is 31.0 Å². The maximum atomic E-state index is 13.4. The highest BCUT2D eigenvalue weighted by molar-refractivity contribution is 6.32. The number of aromatic nitrogens is 6. The topological polar surface area (TPSA) is 92.6 Å². The molecule has 0 saturated heterocycles. The highest BCUT2D eigenvalue weighted by Crippen LogP contribution is 2.27. The van der Waals surface area contributed by atoms with E-state index < -0.39 is 11.5 Å². The molecular weight excluding hydrogens is 373 g/mol. The number of hydrogen-bond donors (Lipinski definition) is 1. The Kier molecular flexibility index (Phi) is 4.39. The molecule has 140 valence electrons. The zero-order valence-corrected chi connectivity index (χ0v) is 15.5. The molecule has 0 bridgehead atoms. The standard InChI is InChI=1S/C17H17ClFN7O/c1-9(2)15-24-23-12-8-25(5-6-26(12)15)16-13(18)17(27)22-14(21-16)10-3-4-20-11(19)7-10/h3-4,7,9H,5-6,8H2,1-2H3,(H,21,22,27). The lowest BCUT2D eigenvalue weighted by atomic mass is 10.2. The average molecular weight is 390 g/mol. The van der Waals surface area contributed by atoms with Crippen LogP contribution < -0.4 is 10.5 Å². The van der Waals surface area contributed by atoms with Crippen molar-refractivity contribution >= 4 is 17.4 Å². The van der Waals surface area contributed by atoms with Crippen molar-refractivity contribution in [2.75, 3.05) is 11.4 Å². The lowest BCUT2D eigenvalue weighted by Gasteiger charge is -2.29. The van der Waals surface area contributed by atoms with Crippen molar-refractivity contribution in [1.82, 2.24) is 29.7 Å². The Labute approximate surface area is 159 Å². The van der Waals surface area contributed by atoms with E-state index in [1.165, 1.54) is 12.3 Å². The molecule has 3 aromatic rings. The van der Waals surface area contributed by atoms with Crippen LogP contribution in [0.2, 0.25) is 5.02 Å². The van der Waals surface area contributed by atoms with Gasteiger partial charge in [0.05, 0.1) is 6.54 Å². The van der Waals surface area contributed by atoms with Gasteiger partial charge in [-0.2, -0.15) is 4.39 Å². The van der Waals surface area contributed by atoms with Crippen molar-refractivity contribution < 1.29 is 4.39 Å². The first-order valence-corrected chi connectivity index (χ1v) is 8.90. The average Bonchev–Trinajstić information content (AvgIpc) is 3.07. The number of aromatic amines is 1. The normalized spacial score (nSPS) is 13.9. The fraction of sp³-hybridized carbons (Fsp3) is 0.353. The van der Waals surface area contributed by atoms with Crippen LogP contribution in [0.15, 0.2) is 23.1 Å². The van der Waals surface area contributed by atoms with Gasteiger partial charge in [0.25, 0.3) is 5.56 Å². The van der Waals surface area contributed by atoms with Crippen LogP contribution in [0, 0.1) is 5.95 Å². The van der Waals surface area contributed by atoms with Crippen LogP contribution >= 0.6 is 11.6 Å². The minimum Gasteiger partial charge on any atom is -0.346 e. The summed E-state index contributed by atoms with van der Waals surface area (Å²) in [6, 6.07) is 2.78. The number of hydrogen-bond acceptors (Lipinski definition) is 6. The molecule has 27 heavy (non-hydrogen) atoms. The molecule has 0 fully saturated rings. The second kappa shape index (κ2) is 6.73. The lowest BCUT2D eigenvalue weighted by Crippen LogP contribution is -2.36. The van der Waals surface area contributed by atoms with Crippen molar-refractivity contribution in [3.63, 3.8) is 0 Å². The van der Waals surface area contributed by atoms with E-state index in [4.69, 9.17) is 11.6 Å². The number of anilines is 1. The third kappa shape index (κ3) is 3.18. The molecule has 3 aromatic heterocycles. The van der Waals surface area contributed by atoms with E-state index in [2.05, 4.69) is 43.6 Å². The summed E-state index contributed by atoms with van der Waals surface area (Å²) in [5, 5.41) is 8.50. The zero-order valence-electron chi connectivity index (χ0n) is 14.8. The van der Waals surface area contributed by atoms with E-state index in [-0.39, 0.29) is 16.8 Å². The summed E-state index contributed by atoms with van der Waals surface area (Å²) in [7, 11) is 0. The second-order valence-corrected chi connectivity index (χ2v) is 7.00. The van der Waals surface area contributed by atoms with Crippen molar-refractivity contribution in [3.05, 3.63) is 51.3 Å². The number of fused-ring (bicyclic) bond motifs is 1. The minimum absolute atomic E-state index is 0.00896. The molecular formula is C17H17ClFN7O. The summed E-state index contributed by atoms with van der Waals surface area (Å²) in [4.78, 5) is 24.8. The molecule has 4 heterocycles. The quantitative estimate of drug-likeness (QED) is 0.691. The number of pyridine rings is 1. The van der Waals surface area contributed by atoms with Crippen LogP contribution in [-0.4, -0.2) is 36.3 Å². The van der Waals surface area contributed by atoms with Gasteiger partial charge in [-0.15, -0.1) is 10.2 Å². The Balaban J connectivity index is 1.72. The smallest absolute Gasteiger partial charge is 0.272 e. The highest BCUT2D eigenvalue weighted by atomic mass is 35.5. The van der Waals surface area contributed by atoms with Crippen LogP contribution in [0.1, 0.15) is 31.4 Å². The number of halogens is 2. The van der Waals surface area contributed by atoms with Gasteiger partial charge >= 0.3 is 0 Å². The molecule has 1 N–H and O–H groups in total. The van der Waals surface area contributed by atoms with Gasteiger partial charge in [0.1, 0.15) is 16.7 Å². The fourth-order valence-corrected chi connectivity index (χ4v) is 3.34. The van der Waals surface area contributed by atoms with Crippen LogP contribution in [-0.2, 0) is 13.1 Å². The van der Waals surface area contributed by atoms with Gasteiger partial charge in [0, 0.05) is 36.8 Å². The zero-order chi connectivity index (χ0) is 19.1. The van der Waals surface area contributed by atoms with E-state index in [0.717, 1.165) is 11.6 Å². The third-order valence-electron chi connectivity index (χ3n) is 4.44. The third-order valence-corrected chi connectivity index (χ3v) is 4.78. The van der Waals surface area contributed by atoms with Crippen molar-refractivity contribution in [3.8, 4) is 11.4 Å². The summed E-state index contributed by atoms with van der Waals surface area (Å²) in [5.74, 6) is 1.91. The van der Waals surface area contributed by atoms with E-state index in [9.17, 15) is 9.18 Å². The summed E-state index contributed by atoms with van der Waals surface area (Å²) in [6.45, 7) is 5.84.